The van der Waals surface area contributed by atoms with E-state index in [2.05, 4.69) is 41.8 Å². The van der Waals surface area contributed by atoms with Gasteiger partial charge in [0.1, 0.15) is 0 Å². The van der Waals surface area contributed by atoms with Crippen molar-refractivity contribution in [1.82, 2.24) is 5.32 Å². The predicted octanol–water partition coefficient (Wildman–Crippen LogP) is 5.09. The molecule has 1 amide bonds. The molecule has 0 fully saturated rings. The largest absolute Gasteiger partial charge is 0.325 e. The number of hydrogen-bond acceptors (Lipinski definition) is 2. The summed E-state index contributed by atoms with van der Waals surface area (Å²) in [5, 5.41) is 9.30. The minimum atomic E-state index is -0.0718. The van der Waals surface area contributed by atoms with Crippen molar-refractivity contribution < 1.29 is 4.79 Å². The lowest BCUT2D eigenvalue weighted by Gasteiger charge is -2.17. The van der Waals surface area contributed by atoms with E-state index in [9.17, 15) is 4.79 Å². The third-order valence-electron chi connectivity index (χ3n) is 4.32. The van der Waals surface area contributed by atoms with Gasteiger partial charge in [0.15, 0.2) is 0 Å². The molecular formula is C21H21ClN2O. The van der Waals surface area contributed by atoms with Gasteiger partial charge in [-0.3, -0.25) is 4.79 Å². The van der Waals surface area contributed by atoms with Crippen molar-refractivity contribution in [2.75, 3.05) is 11.9 Å². The van der Waals surface area contributed by atoms with Crippen LogP contribution in [0.5, 0.6) is 0 Å². The molecule has 3 rings (SSSR count). The summed E-state index contributed by atoms with van der Waals surface area (Å²) in [6.07, 6.45) is 0. The van der Waals surface area contributed by atoms with Crippen LogP contribution in [0.1, 0.15) is 24.1 Å². The van der Waals surface area contributed by atoms with Crippen LogP contribution in [-0.4, -0.2) is 12.5 Å². The molecule has 0 aliphatic carbocycles. The maximum atomic E-state index is 12.2. The molecular weight excluding hydrogens is 332 g/mol. The van der Waals surface area contributed by atoms with Crippen LogP contribution >= 0.6 is 11.6 Å². The van der Waals surface area contributed by atoms with Gasteiger partial charge in [-0.2, -0.15) is 0 Å². The van der Waals surface area contributed by atoms with E-state index in [4.69, 9.17) is 11.6 Å². The number of halogens is 1. The first-order valence-electron chi connectivity index (χ1n) is 8.31. The fourth-order valence-electron chi connectivity index (χ4n) is 2.95. The third-order valence-corrected chi connectivity index (χ3v) is 4.56. The zero-order chi connectivity index (χ0) is 17.8. The van der Waals surface area contributed by atoms with Gasteiger partial charge in [0.2, 0.25) is 5.91 Å². The average Bonchev–Trinajstić information content (AvgIpc) is 2.61. The fraction of sp³-hybridized carbons (Fsp3) is 0.190. The van der Waals surface area contributed by atoms with Crippen LogP contribution in [0.4, 0.5) is 5.69 Å². The molecule has 0 heterocycles. The summed E-state index contributed by atoms with van der Waals surface area (Å²) in [5.74, 6) is -0.0718. The number of aryl methyl sites for hydroxylation is 1. The van der Waals surface area contributed by atoms with E-state index in [1.165, 1.54) is 16.3 Å². The van der Waals surface area contributed by atoms with Gasteiger partial charge < -0.3 is 10.6 Å². The Morgan fingerprint density at radius 3 is 2.64 bits per heavy atom. The van der Waals surface area contributed by atoms with E-state index in [0.717, 1.165) is 11.3 Å². The van der Waals surface area contributed by atoms with E-state index < -0.39 is 0 Å². The van der Waals surface area contributed by atoms with Crippen molar-refractivity contribution >= 4 is 34.0 Å². The van der Waals surface area contributed by atoms with Crippen LogP contribution in [0, 0.1) is 6.92 Å². The lowest BCUT2D eigenvalue weighted by molar-refractivity contribution is -0.115. The predicted molar refractivity (Wildman–Crippen MR) is 105 cm³/mol. The summed E-state index contributed by atoms with van der Waals surface area (Å²) in [4.78, 5) is 12.2. The number of rotatable bonds is 5. The number of carbonyl (C=O) groups excluding carboxylic acids is 1. The van der Waals surface area contributed by atoms with E-state index in [-0.39, 0.29) is 18.5 Å². The number of carbonyl (C=O) groups is 1. The Morgan fingerprint density at radius 2 is 1.84 bits per heavy atom. The highest BCUT2D eigenvalue weighted by atomic mass is 35.5. The maximum absolute atomic E-state index is 12.2. The summed E-state index contributed by atoms with van der Waals surface area (Å²) in [6, 6.07) is 20.0. The monoisotopic (exact) mass is 352 g/mol. The second kappa shape index (κ2) is 7.68. The molecule has 0 aromatic heterocycles. The van der Waals surface area contributed by atoms with Gasteiger partial charge in [-0.1, -0.05) is 54.1 Å². The molecule has 0 unspecified atom stereocenters. The molecule has 3 aromatic rings. The molecule has 0 aliphatic rings. The molecule has 4 heteroatoms. The van der Waals surface area contributed by atoms with E-state index in [0.29, 0.717) is 5.02 Å². The Kier molecular flexibility index (Phi) is 5.37. The topological polar surface area (TPSA) is 41.1 Å². The summed E-state index contributed by atoms with van der Waals surface area (Å²) >= 11 is 5.95. The summed E-state index contributed by atoms with van der Waals surface area (Å²) in [5.41, 5.74) is 2.92. The Labute approximate surface area is 153 Å². The zero-order valence-electron chi connectivity index (χ0n) is 14.3. The second-order valence-corrected chi connectivity index (χ2v) is 6.61. The highest BCUT2D eigenvalue weighted by Crippen LogP contribution is 2.24. The Bertz CT molecular complexity index is 902. The van der Waals surface area contributed by atoms with Crippen LogP contribution < -0.4 is 10.6 Å². The van der Waals surface area contributed by atoms with Gasteiger partial charge in [0.05, 0.1) is 6.54 Å². The number of anilines is 1. The number of fused-ring (bicyclic) bond motifs is 1. The molecule has 0 bridgehead atoms. The van der Waals surface area contributed by atoms with Crippen LogP contribution in [-0.2, 0) is 4.79 Å². The number of benzene rings is 3. The van der Waals surface area contributed by atoms with Gasteiger partial charge in [0.25, 0.3) is 0 Å². The number of amides is 1. The fourth-order valence-corrected chi connectivity index (χ4v) is 3.17. The Balaban J connectivity index is 1.65. The minimum Gasteiger partial charge on any atom is -0.325 e. The zero-order valence-corrected chi connectivity index (χ0v) is 15.1. The Morgan fingerprint density at radius 1 is 1.08 bits per heavy atom. The highest BCUT2D eigenvalue weighted by Gasteiger charge is 2.11. The molecule has 0 radical (unpaired) electrons. The second-order valence-electron chi connectivity index (χ2n) is 6.18. The lowest BCUT2D eigenvalue weighted by atomic mass is 10.00. The van der Waals surface area contributed by atoms with Crippen molar-refractivity contribution in [3.63, 3.8) is 0 Å². The van der Waals surface area contributed by atoms with Gasteiger partial charge in [-0.15, -0.1) is 0 Å². The normalized spacial score (nSPS) is 12.1. The van der Waals surface area contributed by atoms with E-state index >= 15 is 0 Å². The molecule has 2 N–H and O–H groups in total. The van der Waals surface area contributed by atoms with Gasteiger partial charge in [-0.25, -0.2) is 0 Å². The summed E-state index contributed by atoms with van der Waals surface area (Å²) < 4.78 is 0. The summed E-state index contributed by atoms with van der Waals surface area (Å²) in [7, 11) is 0. The molecule has 1 atom stereocenters. The Hall–Kier alpha value is -2.36. The smallest absolute Gasteiger partial charge is 0.238 e. The van der Waals surface area contributed by atoms with Crippen LogP contribution in [0.3, 0.4) is 0 Å². The molecule has 3 nitrogen and oxygen atoms in total. The van der Waals surface area contributed by atoms with Crippen molar-refractivity contribution in [1.29, 1.82) is 0 Å². The van der Waals surface area contributed by atoms with Crippen LogP contribution in [0.2, 0.25) is 5.02 Å². The van der Waals surface area contributed by atoms with Gasteiger partial charge in [0, 0.05) is 16.8 Å². The molecule has 0 saturated carbocycles. The first kappa shape index (κ1) is 17.5. The first-order valence-corrected chi connectivity index (χ1v) is 8.69. The third kappa shape index (κ3) is 4.19. The van der Waals surface area contributed by atoms with Gasteiger partial charge >= 0.3 is 0 Å². The summed E-state index contributed by atoms with van der Waals surface area (Å²) in [6.45, 7) is 4.24. The first-order chi connectivity index (χ1) is 12.0. The van der Waals surface area contributed by atoms with Gasteiger partial charge in [-0.05, 0) is 53.9 Å². The van der Waals surface area contributed by atoms with E-state index in [1.807, 2.05) is 37.3 Å². The molecule has 3 aromatic carbocycles. The SMILES string of the molecule is Cc1cc(Cl)ccc1NC(=O)CN[C@@H](C)c1cccc2ccccc12. The van der Waals surface area contributed by atoms with Crippen molar-refractivity contribution in [2.45, 2.75) is 19.9 Å². The lowest BCUT2D eigenvalue weighted by Crippen LogP contribution is -2.30. The van der Waals surface area contributed by atoms with Crippen molar-refractivity contribution in [2.24, 2.45) is 0 Å². The standard InChI is InChI=1S/C21H21ClN2O/c1-14-12-17(22)10-11-20(14)24-21(25)13-23-15(2)18-9-5-7-16-6-3-4-8-19(16)18/h3-12,15,23H,13H2,1-2H3,(H,24,25)/t15-/m0/s1. The number of nitrogens with one attached hydrogen (secondary N) is 2. The minimum absolute atomic E-state index is 0.0718. The molecule has 0 saturated heterocycles. The van der Waals surface area contributed by atoms with Crippen LogP contribution in [0.25, 0.3) is 10.8 Å². The molecule has 0 spiro atoms. The average molecular weight is 353 g/mol. The van der Waals surface area contributed by atoms with E-state index in [1.54, 1.807) is 6.07 Å². The molecule has 25 heavy (non-hydrogen) atoms. The highest BCUT2D eigenvalue weighted by molar-refractivity contribution is 6.30. The quantitative estimate of drug-likeness (QED) is 0.671. The van der Waals surface area contributed by atoms with Crippen molar-refractivity contribution in [3.05, 3.63) is 76.8 Å². The molecule has 128 valence electrons. The van der Waals surface area contributed by atoms with Crippen molar-refractivity contribution in [3.8, 4) is 0 Å². The maximum Gasteiger partial charge on any atom is 0.238 e. The number of hydrogen-bond donors (Lipinski definition) is 2. The van der Waals surface area contributed by atoms with Crippen LogP contribution in [0.15, 0.2) is 60.7 Å². The molecule has 0 aliphatic heterocycles.